The van der Waals surface area contributed by atoms with Gasteiger partial charge in [-0.2, -0.15) is 0 Å². The average molecular weight is 256 g/mol. The minimum absolute atomic E-state index is 0.0689. The van der Waals surface area contributed by atoms with Gasteiger partial charge in [-0.25, -0.2) is 13.6 Å². The maximum absolute atomic E-state index is 11.0. The van der Waals surface area contributed by atoms with Gasteiger partial charge in [-0.1, -0.05) is 12.1 Å². The molecule has 92 valence electrons. The third-order valence-electron chi connectivity index (χ3n) is 2.91. The molecule has 2 rings (SSSR count). The third-order valence-corrected chi connectivity index (χ3v) is 3.85. The fourth-order valence-corrected chi connectivity index (χ4v) is 3.23. The van der Waals surface area contributed by atoms with Crippen molar-refractivity contribution in [3.8, 4) is 0 Å². The Labute approximate surface area is 98.6 Å². The van der Waals surface area contributed by atoms with E-state index in [0.717, 1.165) is 5.56 Å². The summed E-state index contributed by atoms with van der Waals surface area (Å²) < 4.78 is 22.0. The highest BCUT2D eigenvalue weighted by atomic mass is 32.2. The lowest BCUT2D eigenvalue weighted by atomic mass is 10.1. The molecule has 0 bridgehead atoms. The maximum Gasteiger partial charge on any atom is 0.272 e. The molecule has 1 aliphatic rings. The zero-order valence-electron chi connectivity index (χ0n) is 9.00. The normalized spacial score (nSPS) is 19.0. The average Bonchev–Trinajstić information content (AvgIpc) is 2.55. The fraction of sp³-hybridized carbons (Fsp3) is 0.400. The molecule has 1 aliphatic carbocycles. The summed E-state index contributed by atoms with van der Waals surface area (Å²) in [4.78, 5) is 10.4. The van der Waals surface area contributed by atoms with Gasteiger partial charge in [0.25, 0.3) is 5.69 Å². The third kappa shape index (κ3) is 2.62. The molecule has 6 nitrogen and oxygen atoms in total. The number of nitro benzene ring substituents is 1. The molecule has 7 heteroatoms. The number of nitro groups is 1. The number of sulfonamides is 1. The van der Waals surface area contributed by atoms with Crippen LogP contribution < -0.4 is 5.14 Å². The molecule has 0 saturated heterocycles. The van der Waals surface area contributed by atoms with Crippen LogP contribution in [0.1, 0.15) is 11.1 Å². The van der Waals surface area contributed by atoms with E-state index in [9.17, 15) is 18.5 Å². The Morgan fingerprint density at radius 2 is 2.12 bits per heavy atom. The molecular formula is C10H12N2O4S. The van der Waals surface area contributed by atoms with E-state index in [0.29, 0.717) is 18.4 Å². The van der Waals surface area contributed by atoms with E-state index in [1.165, 1.54) is 6.07 Å². The summed E-state index contributed by atoms with van der Waals surface area (Å²) in [6.07, 6.45) is 0.941. The first-order valence-corrected chi connectivity index (χ1v) is 6.84. The van der Waals surface area contributed by atoms with Crippen LogP contribution in [0.2, 0.25) is 0 Å². The second-order valence-electron chi connectivity index (χ2n) is 4.28. The minimum atomic E-state index is -3.53. The molecule has 1 aromatic rings. The van der Waals surface area contributed by atoms with Crippen LogP contribution in [0.15, 0.2) is 18.2 Å². The van der Waals surface area contributed by atoms with Crippen LogP contribution in [0.3, 0.4) is 0 Å². The van der Waals surface area contributed by atoms with Crippen LogP contribution in [0, 0.1) is 16.0 Å². The molecule has 0 spiro atoms. The van der Waals surface area contributed by atoms with Gasteiger partial charge in [0.1, 0.15) is 0 Å². The molecule has 2 N–H and O–H groups in total. The zero-order chi connectivity index (χ0) is 12.6. The number of hydrogen-bond acceptors (Lipinski definition) is 4. The first-order chi connectivity index (χ1) is 7.87. The molecule has 1 atom stereocenters. The van der Waals surface area contributed by atoms with Crippen molar-refractivity contribution in [3.63, 3.8) is 0 Å². The number of rotatable bonds is 3. The second kappa shape index (κ2) is 4.08. The molecule has 17 heavy (non-hydrogen) atoms. The molecule has 0 heterocycles. The molecular weight excluding hydrogens is 244 g/mol. The van der Waals surface area contributed by atoms with Crippen LogP contribution in [0.25, 0.3) is 0 Å². The predicted octanol–water partition coefficient (Wildman–Crippen LogP) is 0.598. The summed E-state index contributed by atoms with van der Waals surface area (Å²) in [5, 5.41) is 15.8. The zero-order valence-corrected chi connectivity index (χ0v) is 9.81. The lowest BCUT2D eigenvalue weighted by Gasteiger charge is -2.05. The van der Waals surface area contributed by atoms with E-state index < -0.39 is 14.9 Å². The van der Waals surface area contributed by atoms with Gasteiger partial charge in [0.2, 0.25) is 10.0 Å². The number of fused-ring (bicyclic) bond motifs is 1. The Bertz CT molecular complexity index is 568. The summed E-state index contributed by atoms with van der Waals surface area (Å²) >= 11 is 0. The number of primary sulfonamides is 1. The van der Waals surface area contributed by atoms with E-state index in [4.69, 9.17) is 5.14 Å². The van der Waals surface area contributed by atoms with E-state index in [1.54, 1.807) is 12.1 Å². The Kier molecular flexibility index (Phi) is 2.88. The van der Waals surface area contributed by atoms with Crippen molar-refractivity contribution in [2.75, 3.05) is 5.75 Å². The SMILES string of the molecule is NS(=O)(=O)C[C@@H]1Cc2cccc([N+](=O)[O-])c2C1. The number of benzene rings is 1. The van der Waals surface area contributed by atoms with Crippen molar-refractivity contribution in [2.45, 2.75) is 12.8 Å². The molecule has 0 fully saturated rings. The van der Waals surface area contributed by atoms with E-state index in [-0.39, 0.29) is 17.4 Å². The molecule has 0 saturated carbocycles. The van der Waals surface area contributed by atoms with Gasteiger partial charge < -0.3 is 0 Å². The van der Waals surface area contributed by atoms with Crippen molar-refractivity contribution < 1.29 is 13.3 Å². The number of nitrogens with zero attached hydrogens (tertiary/aromatic N) is 1. The first kappa shape index (κ1) is 12.0. The summed E-state index contributed by atoms with van der Waals surface area (Å²) in [6, 6.07) is 4.86. The summed E-state index contributed by atoms with van der Waals surface area (Å²) in [5.74, 6) is -0.278. The van der Waals surface area contributed by atoms with Crippen molar-refractivity contribution in [2.24, 2.45) is 11.1 Å². The first-order valence-electron chi connectivity index (χ1n) is 5.12. The van der Waals surface area contributed by atoms with Crippen LogP contribution >= 0.6 is 0 Å². The molecule has 0 aliphatic heterocycles. The van der Waals surface area contributed by atoms with Crippen molar-refractivity contribution in [3.05, 3.63) is 39.4 Å². The van der Waals surface area contributed by atoms with Gasteiger partial charge in [0.05, 0.1) is 10.7 Å². The molecule has 0 aromatic heterocycles. The standard InChI is InChI=1S/C10H12N2O4S/c11-17(15,16)6-7-4-8-2-1-3-10(12(13)14)9(8)5-7/h1-3,7H,4-6H2,(H2,11,15,16)/t7-/m1/s1. The van der Waals surface area contributed by atoms with Gasteiger partial charge in [-0.05, 0) is 24.3 Å². The highest BCUT2D eigenvalue weighted by molar-refractivity contribution is 7.89. The van der Waals surface area contributed by atoms with Gasteiger partial charge in [-0.15, -0.1) is 0 Å². The second-order valence-corrected chi connectivity index (χ2v) is 5.93. The topological polar surface area (TPSA) is 103 Å². The van der Waals surface area contributed by atoms with Gasteiger partial charge in [-0.3, -0.25) is 10.1 Å². The number of nitrogens with two attached hydrogens (primary N) is 1. The largest absolute Gasteiger partial charge is 0.272 e. The van der Waals surface area contributed by atoms with Crippen LogP contribution in [-0.2, 0) is 22.9 Å². The predicted molar refractivity (Wildman–Crippen MR) is 62.0 cm³/mol. The van der Waals surface area contributed by atoms with Crippen molar-refractivity contribution >= 4 is 15.7 Å². The summed E-state index contributed by atoms with van der Waals surface area (Å²) in [7, 11) is -3.53. The Morgan fingerprint density at radius 1 is 1.41 bits per heavy atom. The molecule has 1 aromatic carbocycles. The molecule has 0 radical (unpaired) electrons. The Morgan fingerprint density at radius 3 is 2.71 bits per heavy atom. The van der Waals surface area contributed by atoms with Gasteiger partial charge >= 0.3 is 0 Å². The maximum atomic E-state index is 11.0. The van der Waals surface area contributed by atoms with Crippen LogP contribution in [0.5, 0.6) is 0 Å². The Hall–Kier alpha value is -1.47. The van der Waals surface area contributed by atoms with Gasteiger partial charge in [0.15, 0.2) is 0 Å². The fourth-order valence-electron chi connectivity index (χ4n) is 2.34. The molecule has 0 amide bonds. The highest BCUT2D eigenvalue weighted by Crippen LogP contribution is 2.33. The monoisotopic (exact) mass is 256 g/mol. The summed E-state index contributed by atoms with van der Waals surface area (Å²) in [6.45, 7) is 0. The lowest BCUT2D eigenvalue weighted by Crippen LogP contribution is -2.23. The van der Waals surface area contributed by atoms with Crippen LogP contribution in [-0.4, -0.2) is 19.1 Å². The lowest BCUT2D eigenvalue weighted by molar-refractivity contribution is -0.385. The molecule has 0 unspecified atom stereocenters. The smallest absolute Gasteiger partial charge is 0.258 e. The Balaban J connectivity index is 2.28. The van der Waals surface area contributed by atoms with Crippen molar-refractivity contribution in [1.82, 2.24) is 0 Å². The minimum Gasteiger partial charge on any atom is -0.258 e. The van der Waals surface area contributed by atoms with E-state index >= 15 is 0 Å². The summed E-state index contributed by atoms with van der Waals surface area (Å²) in [5.41, 5.74) is 1.57. The highest BCUT2D eigenvalue weighted by Gasteiger charge is 2.30. The number of hydrogen-bond donors (Lipinski definition) is 1. The van der Waals surface area contributed by atoms with Gasteiger partial charge in [0, 0.05) is 11.6 Å². The quantitative estimate of drug-likeness (QED) is 0.631. The van der Waals surface area contributed by atoms with Crippen LogP contribution in [0.4, 0.5) is 5.69 Å². The van der Waals surface area contributed by atoms with E-state index in [2.05, 4.69) is 0 Å². The van der Waals surface area contributed by atoms with Crippen molar-refractivity contribution in [1.29, 1.82) is 0 Å². The van der Waals surface area contributed by atoms with E-state index in [1.807, 2.05) is 0 Å².